The van der Waals surface area contributed by atoms with E-state index in [-0.39, 0.29) is 24.2 Å². The molecule has 10 heteroatoms. The largest absolute Gasteiger partial charge is 0.508 e. The highest BCUT2D eigenvalue weighted by atomic mass is 16.5. The van der Waals surface area contributed by atoms with E-state index >= 15 is 0 Å². The highest BCUT2D eigenvalue weighted by Crippen LogP contribution is 2.52. The van der Waals surface area contributed by atoms with Gasteiger partial charge in [-0.1, -0.05) is 18.2 Å². The van der Waals surface area contributed by atoms with Crippen molar-refractivity contribution in [3.8, 4) is 45.6 Å². The molecule has 0 saturated heterocycles. The van der Waals surface area contributed by atoms with Crippen molar-refractivity contribution in [2.75, 3.05) is 34.5 Å². The monoisotopic (exact) mass is 725 g/mol. The number of benzene rings is 4. The van der Waals surface area contributed by atoms with E-state index in [0.717, 1.165) is 53.5 Å². The summed E-state index contributed by atoms with van der Waals surface area (Å²) in [5.41, 5.74) is 5.45. The second-order valence-corrected chi connectivity index (χ2v) is 14.6. The minimum absolute atomic E-state index is 0.0833. The second-order valence-electron chi connectivity index (χ2n) is 14.6. The van der Waals surface area contributed by atoms with E-state index in [2.05, 4.69) is 5.32 Å². The van der Waals surface area contributed by atoms with E-state index in [9.17, 15) is 20.4 Å². The third-order valence-electron chi connectivity index (χ3n) is 11.0. The van der Waals surface area contributed by atoms with Gasteiger partial charge in [-0.15, -0.1) is 0 Å². The number of nitrogens with one attached hydrogen (secondary N) is 1. The van der Waals surface area contributed by atoms with Crippen LogP contribution in [0.3, 0.4) is 0 Å². The number of methoxy groups -OCH3 is 2. The molecule has 1 fully saturated rings. The zero-order valence-electron chi connectivity index (χ0n) is 30.7. The van der Waals surface area contributed by atoms with Crippen LogP contribution in [0.25, 0.3) is 11.1 Å². The summed E-state index contributed by atoms with van der Waals surface area (Å²) in [4.78, 5) is 0. The summed E-state index contributed by atoms with van der Waals surface area (Å²) in [7, 11) is 5.15. The minimum atomic E-state index is -1.00. The van der Waals surface area contributed by atoms with E-state index in [1.807, 2.05) is 43.4 Å². The standard InChI is InChI=1S/C43H51NO9/c1-44-23-28-20-39-34(22-38(28)50-3)42(48)40(37(53-39)12-7-15-49-2)36-24-51-43-27(19-32(21-35(43)41(36)47)52-31-10-4-5-11-31)16-26-18-30(46)13-14-33(26)25-8-6-9-29(45)17-25/h6,8-9,13-14,17-22,31,36-37,40-42,44-48H,4-5,7,10-12,15-16,23-24H2,1-3H3/t36-,37-,40-,41-,42+/m1/s1. The van der Waals surface area contributed by atoms with Gasteiger partial charge in [-0.3, -0.25) is 0 Å². The van der Waals surface area contributed by atoms with E-state index < -0.39 is 30.1 Å². The topological polar surface area (TPSA) is 139 Å². The van der Waals surface area contributed by atoms with Crippen LogP contribution in [0.2, 0.25) is 0 Å². The van der Waals surface area contributed by atoms with E-state index in [4.69, 9.17) is 23.7 Å². The number of ether oxygens (including phenoxy) is 5. The summed E-state index contributed by atoms with van der Waals surface area (Å²) < 4.78 is 31.0. The molecule has 5 atom stereocenters. The molecule has 10 nitrogen and oxygen atoms in total. The molecule has 4 aromatic carbocycles. The van der Waals surface area contributed by atoms with Gasteiger partial charge in [0.2, 0.25) is 0 Å². The lowest BCUT2D eigenvalue weighted by atomic mass is 9.72. The Hall–Kier alpha value is -4.48. The van der Waals surface area contributed by atoms with E-state index in [1.165, 1.54) is 0 Å². The predicted molar refractivity (Wildman–Crippen MR) is 201 cm³/mol. The molecule has 7 rings (SSSR count). The number of aliphatic hydroxyl groups is 2. The average molecular weight is 726 g/mol. The lowest BCUT2D eigenvalue weighted by Gasteiger charge is -2.45. The molecule has 2 heterocycles. The van der Waals surface area contributed by atoms with Crippen molar-refractivity contribution in [2.45, 2.75) is 75.9 Å². The highest BCUT2D eigenvalue weighted by molar-refractivity contribution is 5.70. The van der Waals surface area contributed by atoms with Crippen LogP contribution >= 0.6 is 0 Å². The molecule has 0 amide bonds. The zero-order valence-corrected chi connectivity index (χ0v) is 30.7. The first kappa shape index (κ1) is 36.9. The number of fused-ring (bicyclic) bond motifs is 2. The molecule has 2 aliphatic heterocycles. The van der Waals surface area contributed by atoms with Crippen molar-refractivity contribution in [1.29, 1.82) is 0 Å². The van der Waals surface area contributed by atoms with Crippen LogP contribution in [0, 0.1) is 11.8 Å². The van der Waals surface area contributed by atoms with Crippen LogP contribution < -0.4 is 24.3 Å². The lowest BCUT2D eigenvalue weighted by molar-refractivity contribution is -0.0890. The van der Waals surface area contributed by atoms with Gasteiger partial charge in [-0.25, -0.2) is 0 Å². The van der Waals surface area contributed by atoms with Gasteiger partial charge in [0.15, 0.2) is 0 Å². The Bertz CT molecular complexity index is 1890. The summed E-state index contributed by atoms with van der Waals surface area (Å²) in [6.45, 7) is 1.27. The Balaban J connectivity index is 1.27. The molecule has 0 radical (unpaired) electrons. The second kappa shape index (κ2) is 16.3. The summed E-state index contributed by atoms with van der Waals surface area (Å²) in [5, 5.41) is 48.6. The van der Waals surface area contributed by atoms with Crippen molar-refractivity contribution in [3.05, 3.63) is 94.5 Å². The molecule has 0 bridgehead atoms. The first-order chi connectivity index (χ1) is 25.8. The Kier molecular flexibility index (Phi) is 11.3. The Morgan fingerprint density at radius 3 is 2.42 bits per heavy atom. The summed E-state index contributed by atoms with van der Waals surface area (Å²) in [6, 6.07) is 19.9. The first-order valence-electron chi connectivity index (χ1n) is 18.7. The van der Waals surface area contributed by atoms with Crippen LogP contribution in [-0.4, -0.2) is 67.1 Å². The van der Waals surface area contributed by atoms with Gasteiger partial charge in [-0.05, 0) is 111 Å². The molecule has 4 aromatic rings. The van der Waals surface area contributed by atoms with Gasteiger partial charge >= 0.3 is 0 Å². The first-order valence-corrected chi connectivity index (χ1v) is 18.7. The molecule has 1 saturated carbocycles. The smallest absolute Gasteiger partial charge is 0.128 e. The maximum atomic E-state index is 12.4. The van der Waals surface area contributed by atoms with Crippen LogP contribution in [0.1, 0.15) is 78.6 Å². The highest BCUT2D eigenvalue weighted by Gasteiger charge is 2.48. The molecular weight excluding hydrogens is 674 g/mol. The normalized spacial score (nSPS) is 22.4. The van der Waals surface area contributed by atoms with Gasteiger partial charge in [0.25, 0.3) is 0 Å². The number of phenolic OH excluding ortho intramolecular Hbond substituents is 2. The fraction of sp³-hybridized carbons (Fsp3) is 0.442. The number of phenols is 2. The van der Waals surface area contributed by atoms with Gasteiger partial charge in [0, 0.05) is 60.8 Å². The molecule has 3 aliphatic rings. The van der Waals surface area contributed by atoms with Gasteiger partial charge in [0.1, 0.15) is 40.6 Å². The van der Waals surface area contributed by atoms with Gasteiger partial charge in [0.05, 0.1) is 32.0 Å². The Morgan fingerprint density at radius 2 is 1.66 bits per heavy atom. The lowest BCUT2D eigenvalue weighted by Crippen LogP contribution is -2.46. The summed E-state index contributed by atoms with van der Waals surface area (Å²) >= 11 is 0. The molecule has 1 aliphatic carbocycles. The number of hydrogen-bond donors (Lipinski definition) is 5. The third-order valence-corrected chi connectivity index (χ3v) is 11.0. The van der Waals surface area contributed by atoms with Crippen molar-refractivity contribution < 1.29 is 44.1 Å². The minimum Gasteiger partial charge on any atom is -0.508 e. The van der Waals surface area contributed by atoms with Gasteiger partial charge in [-0.2, -0.15) is 0 Å². The Morgan fingerprint density at radius 1 is 0.849 bits per heavy atom. The molecule has 282 valence electrons. The summed E-state index contributed by atoms with van der Waals surface area (Å²) in [5.74, 6) is 1.73. The SMILES string of the molecule is CNCc1cc2c(cc1OC)[C@H](O)[C@H]([C@H]1COc3c(Cc4cc(O)ccc4-c4cccc(O)c4)cc(OC4CCCC4)cc3[C@H]1O)[C@@H](CCCOC)O2. The van der Waals surface area contributed by atoms with Crippen molar-refractivity contribution in [3.63, 3.8) is 0 Å². The zero-order chi connectivity index (χ0) is 37.1. The predicted octanol–water partition coefficient (Wildman–Crippen LogP) is 6.98. The van der Waals surface area contributed by atoms with E-state index in [0.29, 0.717) is 66.5 Å². The van der Waals surface area contributed by atoms with Crippen LogP contribution in [0.5, 0.6) is 34.5 Å². The molecule has 5 N–H and O–H groups in total. The van der Waals surface area contributed by atoms with Crippen molar-refractivity contribution in [1.82, 2.24) is 5.32 Å². The van der Waals surface area contributed by atoms with Crippen molar-refractivity contribution in [2.24, 2.45) is 11.8 Å². The Labute approximate surface area is 311 Å². The molecule has 0 spiro atoms. The fourth-order valence-corrected chi connectivity index (χ4v) is 8.50. The van der Waals surface area contributed by atoms with Crippen LogP contribution in [-0.2, 0) is 17.7 Å². The van der Waals surface area contributed by atoms with E-state index in [1.54, 1.807) is 44.6 Å². The number of rotatable bonds is 13. The maximum absolute atomic E-state index is 12.4. The quantitative estimate of drug-likeness (QED) is 0.0918. The van der Waals surface area contributed by atoms with Crippen molar-refractivity contribution >= 4 is 0 Å². The molecule has 53 heavy (non-hydrogen) atoms. The number of aromatic hydroxyl groups is 2. The number of hydrogen-bond acceptors (Lipinski definition) is 10. The maximum Gasteiger partial charge on any atom is 0.128 e. The summed E-state index contributed by atoms with van der Waals surface area (Å²) in [6.07, 6.45) is 3.58. The molecular formula is C43H51NO9. The fourth-order valence-electron chi connectivity index (χ4n) is 8.50. The molecule has 0 aromatic heterocycles. The van der Waals surface area contributed by atoms with Crippen LogP contribution in [0.15, 0.2) is 66.7 Å². The average Bonchev–Trinajstić information content (AvgIpc) is 3.66. The van der Waals surface area contributed by atoms with Gasteiger partial charge < -0.3 is 49.4 Å². The number of aliphatic hydroxyl groups excluding tert-OH is 2. The third kappa shape index (κ3) is 7.78. The molecule has 0 unspecified atom stereocenters. The van der Waals surface area contributed by atoms with Crippen LogP contribution in [0.4, 0.5) is 0 Å².